The maximum Gasteiger partial charge on any atom is 0.400 e. The van der Waals surface area contributed by atoms with Crippen molar-refractivity contribution in [1.82, 2.24) is 0 Å². The first kappa shape index (κ1) is 12.0. The van der Waals surface area contributed by atoms with Gasteiger partial charge in [-0.2, -0.15) is 0 Å². The molecule has 0 aromatic heterocycles. The number of halogens is 1. The highest BCUT2D eigenvalue weighted by atomic mass is 35.5. The van der Waals surface area contributed by atoms with Crippen LogP contribution in [-0.2, 0) is 0 Å². The van der Waals surface area contributed by atoms with Crippen LogP contribution in [0.4, 0.5) is 5.69 Å². The number of aromatic carboxylic acids is 1. The molecule has 0 amide bonds. The van der Waals surface area contributed by atoms with Gasteiger partial charge in [-0.3, -0.25) is 0 Å². The van der Waals surface area contributed by atoms with E-state index in [-0.39, 0.29) is 23.7 Å². The Labute approximate surface area is 97.5 Å². The van der Waals surface area contributed by atoms with E-state index in [1.165, 1.54) is 6.07 Å². The minimum Gasteiger partial charge on any atom is -1.00 e. The number of diazo groups is 1. The lowest BCUT2D eigenvalue weighted by atomic mass is 10.1. The maximum atomic E-state index is 10.9. The molecule has 0 saturated carbocycles. The Morgan fingerprint density at radius 2 is 1.75 bits per heavy atom. The molecule has 0 radical (unpaired) electrons. The first-order valence-electron chi connectivity index (χ1n) is 4.33. The SMILES string of the molecule is N#[N+]c1cc2ccccc2cc1C(=O)O.[Cl-]. The third-order valence-corrected chi connectivity index (χ3v) is 2.20. The van der Waals surface area contributed by atoms with Gasteiger partial charge in [-0.05, 0) is 16.8 Å². The quantitative estimate of drug-likeness (QED) is 0.708. The molecule has 2 aromatic rings. The van der Waals surface area contributed by atoms with Crippen molar-refractivity contribution in [3.63, 3.8) is 0 Å². The van der Waals surface area contributed by atoms with Gasteiger partial charge in [0.15, 0.2) is 10.5 Å². The van der Waals surface area contributed by atoms with Crippen molar-refractivity contribution in [2.45, 2.75) is 0 Å². The molecule has 0 bridgehead atoms. The second-order valence-corrected chi connectivity index (χ2v) is 3.12. The smallest absolute Gasteiger partial charge is 0.400 e. The first-order valence-corrected chi connectivity index (χ1v) is 4.33. The van der Waals surface area contributed by atoms with Gasteiger partial charge in [-0.25, -0.2) is 4.79 Å². The van der Waals surface area contributed by atoms with E-state index in [9.17, 15) is 4.79 Å². The highest BCUT2D eigenvalue weighted by Gasteiger charge is 2.20. The van der Waals surface area contributed by atoms with Crippen molar-refractivity contribution in [1.29, 1.82) is 5.39 Å². The van der Waals surface area contributed by atoms with Gasteiger partial charge in [0.05, 0.1) is 0 Å². The second kappa shape index (κ2) is 4.60. The molecule has 0 aliphatic rings. The number of carboxylic acids is 1. The molecule has 5 heteroatoms. The zero-order valence-electron chi connectivity index (χ0n) is 8.09. The molecule has 0 heterocycles. The highest BCUT2D eigenvalue weighted by molar-refractivity contribution is 6.01. The van der Waals surface area contributed by atoms with Gasteiger partial charge in [-0.15, -0.1) is 0 Å². The van der Waals surface area contributed by atoms with Gasteiger partial charge in [0.25, 0.3) is 0 Å². The van der Waals surface area contributed by atoms with E-state index in [2.05, 4.69) is 4.98 Å². The average molecular weight is 235 g/mol. The largest absolute Gasteiger partial charge is 1.00 e. The molecule has 0 fully saturated rings. The Kier molecular flexibility index (Phi) is 3.44. The van der Waals surface area contributed by atoms with Gasteiger partial charge in [0, 0.05) is 6.07 Å². The van der Waals surface area contributed by atoms with E-state index in [0.717, 1.165) is 10.8 Å². The Bertz CT molecular complexity index is 590. The van der Waals surface area contributed by atoms with Crippen molar-refractivity contribution >= 4 is 22.4 Å². The normalized spacial score (nSPS) is 9.19. The third-order valence-electron chi connectivity index (χ3n) is 2.20. The van der Waals surface area contributed by atoms with Crippen LogP contribution in [0.1, 0.15) is 10.4 Å². The molecule has 16 heavy (non-hydrogen) atoms. The van der Waals surface area contributed by atoms with E-state index in [1.807, 2.05) is 24.3 Å². The fraction of sp³-hybridized carbons (Fsp3) is 0. The molecule has 2 aromatic carbocycles. The molecule has 0 aliphatic heterocycles. The number of hydrogen-bond donors (Lipinski definition) is 1. The Hall–Kier alpha value is -2.12. The highest BCUT2D eigenvalue weighted by Crippen LogP contribution is 2.26. The number of benzene rings is 2. The summed E-state index contributed by atoms with van der Waals surface area (Å²) in [5, 5.41) is 19.2. The van der Waals surface area contributed by atoms with Crippen LogP contribution in [0.3, 0.4) is 0 Å². The fourth-order valence-corrected chi connectivity index (χ4v) is 1.48. The van der Waals surface area contributed by atoms with Crippen molar-refractivity contribution in [2.75, 3.05) is 0 Å². The van der Waals surface area contributed by atoms with Crippen molar-refractivity contribution in [3.05, 3.63) is 46.9 Å². The minimum atomic E-state index is -1.10. The van der Waals surface area contributed by atoms with Gasteiger partial charge >= 0.3 is 11.7 Å². The van der Waals surface area contributed by atoms with Crippen LogP contribution < -0.4 is 12.4 Å². The molecule has 1 N–H and O–H groups in total. The van der Waals surface area contributed by atoms with E-state index in [0.29, 0.717) is 0 Å². The molecule has 0 aliphatic carbocycles. The molecule has 80 valence electrons. The summed E-state index contributed by atoms with van der Waals surface area (Å²) < 4.78 is 0. The van der Waals surface area contributed by atoms with Crippen molar-refractivity contribution in [3.8, 4) is 0 Å². The maximum absolute atomic E-state index is 10.9. The molecule has 0 saturated heterocycles. The lowest BCUT2D eigenvalue weighted by Gasteiger charge is -1.96. The monoisotopic (exact) mass is 234 g/mol. The van der Waals surface area contributed by atoms with Crippen molar-refractivity contribution in [2.24, 2.45) is 0 Å². The first-order chi connectivity index (χ1) is 7.22. The Morgan fingerprint density at radius 1 is 1.19 bits per heavy atom. The molecule has 2 rings (SSSR count). The summed E-state index contributed by atoms with van der Waals surface area (Å²) in [6, 6.07) is 10.3. The van der Waals surface area contributed by atoms with E-state index >= 15 is 0 Å². The number of rotatable bonds is 1. The number of fused-ring (bicyclic) bond motifs is 1. The molecule has 0 unspecified atom stereocenters. The lowest BCUT2D eigenvalue weighted by Crippen LogP contribution is -3.00. The van der Waals surface area contributed by atoms with Crippen LogP contribution in [0, 0.1) is 5.39 Å². The summed E-state index contributed by atoms with van der Waals surface area (Å²) in [7, 11) is 0. The molecule has 4 nitrogen and oxygen atoms in total. The number of nitrogens with zero attached hydrogens (tertiary/aromatic N) is 2. The lowest BCUT2D eigenvalue weighted by molar-refractivity contribution is -0.0000188. The standard InChI is InChI=1S/C11H6N2O2.ClH/c12-13-10-6-8-4-2-1-3-7(8)5-9(10)11(14)15;/h1-6H;1H. The summed E-state index contributed by atoms with van der Waals surface area (Å²) in [6.07, 6.45) is 0. The van der Waals surface area contributed by atoms with Crippen LogP contribution in [-0.4, -0.2) is 11.1 Å². The molecular formula is C11H7ClN2O2. The number of hydrogen-bond acceptors (Lipinski definition) is 2. The average Bonchev–Trinajstić information content (AvgIpc) is 2.27. The van der Waals surface area contributed by atoms with Crippen molar-refractivity contribution < 1.29 is 22.3 Å². The summed E-state index contributed by atoms with van der Waals surface area (Å²) in [6.45, 7) is 0. The summed E-state index contributed by atoms with van der Waals surface area (Å²) in [4.78, 5) is 13.8. The zero-order chi connectivity index (χ0) is 10.8. The summed E-state index contributed by atoms with van der Waals surface area (Å²) >= 11 is 0. The zero-order valence-corrected chi connectivity index (χ0v) is 8.85. The topological polar surface area (TPSA) is 65.5 Å². The van der Waals surface area contributed by atoms with Crippen LogP contribution in [0.5, 0.6) is 0 Å². The van der Waals surface area contributed by atoms with E-state index < -0.39 is 5.97 Å². The molecular weight excluding hydrogens is 228 g/mol. The van der Waals surface area contributed by atoms with Gasteiger partial charge in [0.1, 0.15) is 0 Å². The van der Waals surface area contributed by atoms with Crippen LogP contribution in [0.2, 0.25) is 0 Å². The Balaban J connectivity index is 0.00000128. The molecule has 0 atom stereocenters. The second-order valence-electron chi connectivity index (χ2n) is 3.12. The summed E-state index contributed by atoms with van der Waals surface area (Å²) in [5.41, 5.74) is 0.0670. The van der Waals surface area contributed by atoms with E-state index in [1.54, 1.807) is 6.07 Å². The van der Waals surface area contributed by atoms with Gasteiger partial charge in [-0.1, -0.05) is 24.3 Å². The number of carboxylic acid groups (broad SMARTS) is 1. The van der Waals surface area contributed by atoms with E-state index in [4.69, 9.17) is 10.5 Å². The van der Waals surface area contributed by atoms with Crippen LogP contribution >= 0.6 is 0 Å². The third kappa shape index (κ3) is 1.95. The van der Waals surface area contributed by atoms with Crippen LogP contribution in [0.25, 0.3) is 15.7 Å². The van der Waals surface area contributed by atoms with Crippen LogP contribution in [0.15, 0.2) is 36.4 Å². The molecule has 0 spiro atoms. The predicted molar refractivity (Wildman–Crippen MR) is 55.7 cm³/mol. The fourth-order valence-electron chi connectivity index (χ4n) is 1.48. The summed E-state index contributed by atoms with van der Waals surface area (Å²) in [5.74, 6) is -1.10. The Morgan fingerprint density at radius 3 is 2.25 bits per heavy atom. The van der Waals surface area contributed by atoms with Gasteiger partial charge < -0.3 is 17.5 Å². The van der Waals surface area contributed by atoms with Gasteiger partial charge in [0.2, 0.25) is 5.39 Å². The predicted octanol–water partition coefficient (Wildman–Crippen LogP) is 0.0266. The minimum absolute atomic E-state index is 0. The number of carbonyl (C=O) groups is 1.